The maximum Gasteiger partial charge on any atom is 1.00 e. The van der Waals surface area contributed by atoms with Crippen molar-refractivity contribution in [1.82, 2.24) is 29.9 Å². The van der Waals surface area contributed by atoms with Crippen molar-refractivity contribution in [3.05, 3.63) is 333 Å². The van der Waals surface area contributed by atoms with E-state index in [1.807, 2.05) is 122 Å². The standard InChI is InChI=1S/C43H27N3O.C28H21N3.C22H21BO3.K.H2.H/c1-4-12-28(13-5-1)33-24-34(29-14-6-2-7-15-29)26-35(25-33)43-45-41(31-17-8-3-9-18-31)44-42(46-43)32-21-22-37-38-23-20-30-16-10-11-19-36(30)40(38)47-39(37)27-32;1-20-29-27(23-15-9-4-10-16-23)31-28(30-20)26-18-24(21-11-5-2-6-12-21)17-25(19-26)22-13-7-3-8-14-22;1-21(2)22(3,4)26-23(25-21)15-10-12-17-18-11-9-14-7-5-6-8-16(14)20(18)24-19(17)13-15;;;/h1-27H;2-19H,1H3;5-13H,1-4H3;;1H;/q;;;+1;;-1. The average molecular weight is 1390 g/mol. The Morgan fingerprint density at radius 2 is 0.571 bits per heavy atom. The van der Waals surface area contributed by atoms with Gasteiger partial charge in [0.05, 0.1) is 11.2 Å². The zero-order valence-corrected chi connectivity index (χ0v) is 62.2. The first-order valence-corrected chi connectivity index (χ1v) is 35.0. The smallest absolute Gasteiger partial charge is 1.00 e. The number of hydrogen-bond donors (Lipinski definition) is 0. The molecular weight excluding hydrogens is 1310 g/mol. The van der Waals surface area contributed by atoms with Gasteiger partial charge in [-0.05, 0) is 162 Å². The van der Waals surface area contributed by atoms with Crippen molar-refractivity contribution in [2.45, 2.75) is 45.8 Å². The Kier molecular flexibility index (Phi) is 19.0. The van der Waals surface area contributed by atoms with Crippen LogP contribution in [0.2, 0.25) is 0 Å². The van der Waals surface area contributed by atoms with E-state index in [0.717, 1.165) is 138 Å². The van der Waals surface area contributed by atoms with Crippen LogP contribution in [0.4, 0.5) is 0 Å². The molecule has 5 heterocycles. The van der Waals surface area contributed by atoms with Crippen LogP contribution in [0.5, 0.6) is 0 Å². The second-order valence-corrected chi connectivity index (χ2v) is 27.2. The molecule has 105 heavy (non-hydrogen) atoms. The van der Waals surface area contributed by atoms with Gasteiger partial charge < -0.3 is 19.6 Å². The molecule has 1 aliphatic rings. The van der Waals surface area contributed by atoms with Crippen LogP contribution in [0.15, 0.2) is 336 Å². The molecule has 0 spiro atoms. The molecule has 1 aliphatic heterocycles. The molecule has 18 aromatic rings. The second kappa shape index (κ2) is 29.2. The van der Waals surface area contributed by atoms with Crippen LogP contribution in [0.3, 0.4) is 0 Å². The van der Waals surface area contributed by atoms with E-state index in [-0.39, 0.29) is 72.6 Å². The largest absolute Gasteiger partial charge is 1.00 e. The van der Waals surface area contributed by atoms with Gasteiger partial charge in [0.15, 0.2) is 29.1 Å². The molecule has 0 bridgehead atoms. The summed E-state index contributed by atoms with van der Waals surface area (Å²) in [4.78, 5) is 29.2. The molecule has 1 fully saturated rings. The molecule has 502 valence electrons. The quantitative estimate of drug-likeness (QED) is 0.122. The molecule has 0 saturated carbocycles. The van der Waals surface area contributed by atoms with E-state index in [1.165, 1.54) is 5.39 Å². The molecule has 0 amide bonds. The summed E-state index contributed by atoms with van der Waals surface area (Å²) in [7, 11) is -0.380. The normalized spacial score (nSPS) is 13.0. The fraction of sp³-hybridized carbons (Fsp3) is 0.0753. The zero-order chi connectivity index (χ0) is 70.3. The summed E-state index contributed by atoms with van der Waals surface area (Å²) in [5.41, 5.74) is 17.5. The third-order valence-corrected chi connectivity index (χ3v) is 19.8. The molecule has 4 aromatic heterocycles. The Labute approximate surface area is 655 Å². The number of rotatable bonds is 10. The van der Waals surface area contributed by atoms with Gasteiger partial charge in [-0.15, -0.1) is 0 Å². The van der Waals surface area contributed by atoms with Gasteiger partial charge in [0.25, 0.3) is 0 Å². The fourth-order valence-corrected chi connectivity index (χ4v) is 13.7. The van der Waals surface area contributed by atoms with Crippen LogP contribution in [0.1, 0.15) is 36.4 Å². The van der Waals surface area contributed by atoms with Gasteiger partial charge in [-0.3, -0.25) is 0 Å². The molecule has 0 unspecified atom stereocenters. The molecule has 10 nitrogen and oxygen atoms in total. The van der Waals surface area contributed by atoms with E-state index in [9.17, 15) is 0 Å². The van der Waals surface area contributed by atoms with Gasteiger partial charge in [0.1, 0.15) is 28.2 Å². The van der Waals surface area contributed by atoms with Crippen molar-refractivity contribution in [2.75, 3.05) is 0 Å². The monoisotopic (exact) mass is 1390 g/mol. The van der Waals surface area contributed by atoms with E-state index in [1.54, 1.807) is 0 Å². The Balaban J connectivity index is 0.000000140. The number of aromatic nitrogens is 6. The number of furan rings is 2. The van der Waals surface area contributed by atoms with Crippen LogP contribution >= 0.6 is 0 Å². The molecule has 0 radical (unpaired) electrons. The van der Waals surface area contributed by atoms with Crippen LogP contribution in [0, 0.1) is 6.92 Å². The van der Waals surface area contributed by atoms with Crippen molar-refractivity contribution in [2.24, 2.45) is 0 Å². The number of hydrogen-bond acceptors (Lipinski definition) is 10. The predicted molar refractivity (Wildman–Crippen MR) is 428 cm³/mol. The average Bonchev–Trinajstić information content (AvgIpc) is 1.64. The van der Waals surface area contributed by atoms with E-state index in [2.05, 4.69) is 250 Å². The number of nitrogens with zero attached hydrogens (tertiary/aromatic N) is 6. The van der Waals surface area contributed by atoms with E-state index < -0.39 is 0 Å². The second-order valence-electron chi connectivity index (χ2n) is 27.2. The minimum Gasteiger partial charge on any atom is -1.00 e. The third kappa shape index (κ3) is 14.0. The number of fused-ring (bicyclic) bond motifs is 10. The summed E-state index contributed by atoms with van der Waals surface area (Å²) < 4.78 is 25.1. The number of benzene rings is 14. The molecule has 1 saturated heterocycles. The summed E-state index contributed by atoms with van der Waals surface area (Å²) >= 11 is 0. The molecule has 0 atom stereocenters. The first kappa shape index (κ1) is 68.3. The molecular formula is C93H72BKN6O4. The fourth-order valence-electron chi connectivity index (χ4n) is 13.7. The maximum atomic E-state index is 6.52. The summed E-state index contributed by atoms with van der Waals surface area (Å²) in [5.74, 6) is 3.89. The van der Waals surface area contributed by atoms with E-state index in [4.69, 9.17) is 38.1 Å². The molecule has 19 rings (SSSR count). The summed E-state index contributed by atoms with van der Waals surface area (Å²) in [6.07, 6.45) is 0. The van der Waals surface area contributed by atoms with Crippen molar-refractivity contribution < 1.29 is 72.4 Å². The Morgan fingerprint density at radius 1 is 0.267 bits per heavy atom. The Hall–Kier alpha value is -11.2. The molecule has 0 N–H and O–H groups in total. The number of aryl methyl sites for hydroxylation is 1. The summed E-state index contributed by atoms with van der Waals surface area (Å²) in [6.45, 7) is 10.2. The maximum absolute atomic E-state index is 6.52. The van der Waals surface area contributed by atoms with E-state index in [0.29, 0.717) is 34.9 Å². The minimum absolute atomic E-state index is 0. The predicted octanol–water partition coefficient (Wildman–Crippen LogP) is 20.5. The van der Waals surface area contributed by atoms with E-state index >= 15 is 0 Å². The van der Waals surface area contributed by atoms with Gasteiger partial charge in [0, 0.05) is 61.6 Å². The SMILES string of the molecule is CC1(C)OB(c2ccc3c(c2)oc2c4ccccc4ccc32)OC1(C)C.Cc1nc(-c2ccccc2)nc(-c2cc(-c3ccccc3)cc(-c3ccccc3)c2)n1.[H-].[HH].[K+].c1ccc(-c2cc(-c3ccccc3)cc(-c3nc(-c4ccccc4)nc(-c4ccc5c(c4)oc4c6ccccc6ccc54)n3)c2)cc1. The van der Waals surface area contributed by atoms with Crippen molar-refractivity contribution in [3.8, 4) is 101 Å². The van der Waals surface area contributed by atoms with Crippen molar-refractivity contribution in [1.29, 1.82) is 0 Å². The van der Waals surface area contributed by atoms with Gasteiger partial charge in [0.2, 0.25) is 0 Å². The zero-order valence-electron chi connectivity index (χ0n) is 60.1. The molecule has 14 aromatic carbocycles. The van der Waals surface area contributed by atoms with Crippen LogP contribution < -0.4 is 56.8 Å². The van der Waals surface area contributed by atoms with Crippen LogP contribution in [-0.4, -0.2) is 48.2 Å². The summed E-state index contributed by atoms with van der Waals surface area (Å²) in [5, 5.41) is 8.99. The van der Waals surface area contributed by atoms with Gasteiger partial charge in [-0.2, -0.15) is 0 Å². The molecule has 0 aliphatic carbocycles. The van der Waals surface area contributed by atoms with Gasteiger partial charge in [-0.1, -0.05) is 261 Å². The van der Waals surface area contributed by atoms with Crippen LogP contribution in [0.25, 0.3) is 167 Å². The third-order valence-electron chi connectivity index (χ3n) is 19.8. The van der Waals surface area contributed by atoms with Crippen molar-refractivity contribution >= 4 is 78.0 Å². The van der Waals surface area contributed by atoms with Gasteiger partial charge in [-0.25, -0.2) is 29.9 Å². The first-order chi connectivity index (χ1) is 50.9. The topological polar surface area (TPSA) is 122 Å². The molecule has 12 heteroatoms. The summed E-state index contributed by atoms with van der Waals surface area (Å²) in [6, 6.07) is 113. The Bertz CT molecular complexity index is 6080. The van der Waals surface area contributed by atoms with Crippen LogP contribution in [-0.2, 0) is 9.31 Å². The van der Waals surface area contributed by atoms with Crippen molar-refractivity contribution in [3.63, 3.8) is 0 Å². The minimum atomic E-state index is -0.380. The Morgan fingerprint density at radius 3 is 0.981 bits per heavy atom. The van der Waals surface area contributed by atoms with Gasteiger partial charge >= 0.3 is 58.5 Å². The first-order valence-electron chi connectivity index (χ1n) is 35.0.